The third kappa shape index (κ3) is 1.44. The maximum Gasteiger partial charge on any atom is 0.237 e. The van der Waals surface area contributed by atoms with Gasteiger partial charge in [-0.1, -0.05) is 0 Å². The summed E-state index contributed by atoms with van der Waals surface area (Å²) in [6.45, 7) is 0. The Morgan fingerprint density at radius 2 is 2.33 bits per heavy atom. The van der Waals surface area contributed by atoms with E-state index in [1.165, 1.54) is 18.1 Å². The highest BCUT2D eigenvalue weighted by atomic mass is 32.2. The molecule has 1 N–H and O–H groups in total. The molecule has 0 saturated carbocycles. The minimum Gasteiger partial charge on any atom is -0.446 e. The zero-order valence-corrected chi connectivity index (χ0v) is 8.10. The van der Waals surface area contributed by atoms with Crippen molar-refractivity contribution in [2.45, 2.75) is 10.2 Å². The lowest BCUT2D eigenvalue weighted by Crippen LogP contribution is -1.84. The average molecular weight is 220 g/mol. The first-order valence-corrected chi connectivity index (χ1v) is 4.84. The molecule has 3 heterocycles. The molecule has 0 fully saturated rings. The number of hydrogen-bond acceptors (Lipinski definition) is 7. The van der Waals surface area contributed by atoms with E-state index in [1.54, 1.807) is 12.3 Å². The molecule has 8 heteroatoms. The second kappa shape index (κ2) is 3.31. The van der Waals surface area contributed by atoms with Crippen molar-refractivity contribution in [1.29, 1.82) is 0 Å². The van der Waals surface area contributed by atoms with Crippen LogP contribution in [0.3, 0.4) is 0 Å². The largest absolute Gasteiger partial charge is 0.446 e. The van der Waals surface area contributed by atoms with Gasteiger partial charge in [0.05, 0.1) is 11.6 Å². The summed E-state index contributed by atoms with van der Waals surface area (Å²) in [6.07, 6.45) is 3.01. The summed E-state index contributed by atoms with van der Waals surface area (Å²) < 4.78 is 5.15. The molecule has 7 nitrogen and oxygen atoms in total. The van der Waals surface area contributed by atoms with Gasteiger partial charge in [0.25, 0.3) is 0 Å². The van der Waals surface area contributed by atoms with E-state index in [2.05, 4.69) is 30.6 Å². The Kier molecular flexibility index (Phi) is 1.85. The highest BCUT2D eigenvalue weighted by Gasteiger charge is 2.09. The smallest absolute Gasteiger partial charge is 0.237 e. The van der Waals surface area contributed by atoms with Crippen molar-refractivity contribution >= 4 is 22.9 Å². The molecule has 3 aromatic heterocycles. The molecule has 3 rings (SSSR count). The number of aromatic nitrogens is 6. The molecule has 0 atom stereocenters. The van der Waals surface area contributed by atoms with Crippen LogP contribution in [0.25, 0.3) is 11.1 Å². The third-order valence-corrected chi connectivity index (χ3v) is 2.61. The highest BCUT2D eigenvalue weighted by Crippen LogP contribution is 2.28. The zero-order chi connectivity index (χ0) is 10.1. The van der Waals surface area contributed by atoms with E-state index in [0.717, 1.165) is 10.4 Å². The van der Waals surface area contributed by atoms with Gasteiger partial charge in [0, 0.05) is 0 Å². The van der Waals surface area contributed by atoms with Crippen molar-refractivity contribution in [2.75, 3.05) is 0 Å². The normalized spacial score (nSPS) is 10.9. The Bertz CT molecular complexity index is 576. The Balaban J connectivity index is 2.07. The summed E-state index contributed by atoms with van der Waals surface area (Å²) in [5.74, 6) is 0. The maximum absolute atomic E-state index is 5.15. The number of nitrogens with one attached hydrogen (secondary N) is 1. The second-order valence-electron chi connectivity index (χ2n) is 2.61. The SMILES string of the molecule is c1nc(Sc2nn[nH]n2)c2ccoc2n1. The number of hydrogen-bond donors (Lipinski definition) is 1. The Hall–Kier alpha value is -1.96. The highest BCUT2D eigenvalue weighted by molar-refractivity contribution is 7.99. The van der Waals surface area contributed by atoms with Crippen LogP contribution >= 0.6 is 11.8 Å². The molecule has 0 aromatic carbocycles. The molecule has 0 amide bonds. The molecular weight excluding hydrogens is 216 g/mol. The zero-order valence-electron chi connectivity index (χ0n) is 7.28. The van der Waals surface area contributed by atoms with E-state index in [1.807, 2.05) is 0 Å². The van der Waals surface area contributed by atoms with Crippen molar-refractivity contribution in [3.8, 4) is 0 Å². The van der Waals surface area contributed by atoms with E-state index in [-0.39, 0.29) is 0 Å². The van der Waals surface area contributed by atoms with Crippen LogP contribution < -0.4 is 0 Å². The third-order valence-electron chi connectivity index (χ3n) is 1.74. The average Bonchev–Trinajstić information content (AvgIpc) is 2.87. The number of aromatic amines is 1. The monoisotopic (exact) mass is 220 g/mol. The fraction of sp³-hybridized carbons (Fsp3) is 0. The molecule has 0 saturated heterocycles. The van der Waals surface area contributed by atoms with Crippen molar-refractivity contribution in [3.63, 3.8) is 0 Å². The summed E-state index contributed by atoms with van der Waals surface area (Å²) in [6, 6.07) is 1.80. The van der Waals surface area contributed by atoms with Crippen molar-refractivity contribution < 1.29 is 4.42 Å². The van der Waals surface area contributed by atoms with E-state index < -0.39 is 0 Å². The fourth-order valence-electron chi connectivity index (χ4n) is 1.13. The van der Waals surface area contributed by atoms with Gasteiger partial charge in [-0.15, -0.1) is 10.2 Å². The minimum atomic E-state index is 0.510. The molecule has 3 aromatic rings. The summed E-state index contributed by atoms with van der Waals surface area (Å²) >= 11 is 1.30. The van der Waals surface area contributed by atoms with Gasteiger partial charge in [-0.05, 0) is 23.0 Å². The van der Waals surface area contributed by atoms with Gasteiger partial charge in [0.2, 0.25) is 10.9 Å². The lowest BCUT2D eigenvalue weighted by molar-refractivity contribution is 0.601. The van der Waals surface area contributed by atoms with Gasteiger partial charge < -0.3 is 4.42 Å². The predicted molar refractivity (Wildman–Crippen MR) is 50.1 cm³/mol. The van der Waals surface area contributed by atoms with E-state index in [9.17, 15) is 0 Å². The number of rotatable bonds is 2. The van der Waals surface area contributed by atoms with Crippen LogP contribution in [0.15, 0.2) is 33.3 Å². The lowest BCUT2D eigenvalue weighted by atomic mass is 10.4. The van der Waals surface area contributed by atoms with Crippen LogP contribution in [-0.2, 0) is 0 Å². The fourth-order valence-corrected chi connectivity index (χ4v) is 1.84. The van der Waals surface area contributed by atoms with E-state index >= 15 is 0 Å². The molecule has 0 bridgehead atoms. The summed E-state index contributed by atoms with van der Waals surface area (Å²) in [5.41, 5.74) is 0.552. The molecule has 0 radical (unpaired) electrons. The van der Waals surface area contributed by atoms with Crippen LogP contribution in [-0.4, -0.2) is 30.6 Å². The van der Waals surface area contributed by atoms with Crippen molar-refractivity contribution in [1.82, 2.24) is 30.6 Å². The summed E-state index contributed by atoms with van der Waals surface area (Å²) in [4.78, 5) is 8.10. The van der Waals surface area contributed by atoms with Gasteiger partial charge in [-0.25, -0.2) is 9.97 Å². The van der Waals surface area contributed by atoms with E-state index in [4.69, 9.17) is 4.42 Å². The number of furan rings is 1. The molecule has 15 heavy (non-hydrogen) atoms. The molecule has 0 aliphatic rings. The molecule has 0 unspecified atom stereocenters. The van der Waals surface area contributed by atoms with Crippen LogP contribution in [0.1, 0.15) is 0 Å². The van der Waals surface area contributed by atoms with Gasteiger partial charge >= 0.3 is 0 Å². The van der Waals surface area contributed by atoms with Crippen LogP contribution in [0.5, 0.6) is 0 Å². The van der Waals surface area contributed by atoms with Gasteiger partial charge in [0.15, 0.2) is 0 Å². The molecule has 0 aliphatic heterocycles. The van der Waals surface area contributed by atoms with Crippen LogP contribution in [0, 0.1) is 0 Å². The first kappa shape index (κ1) is 8.36. The Morgan fingerprint density at radius 1 is 1.33 bits per heavy atom. The molecule has 0 spiro atoms. The topological polar surface area (TPSA) is 93.4 Å². The lowest BCUT2D eigenvalue weighted by Gasteiger charge is -1.95. The number of H-pyrrole nitrogens is 1. The maximum atomic E-state index is 5.15. The molecule has 0 aliphatic carbocycles. The van der Waals surface area contributed by atoms with Crippen LogP contribution in [0.4, 0.5) is 0 Å². The number of fused-ring (bicyclic) bond motifs is 1. The van der Waals surface area contributed by atoms with Crippen molar-refractivity contribution in [2.24, 2.45) is 0 Å². The van der Waals surface area contributed by atoms with Gasteiger partial charge in [-0.2, -0.15) is 5.21 Å². The van der Waals surface area contributed by atoms with E-state index in [0.29, 0.717) is 10.9 Å². The second-order valence-corrected chi connectivity index (χ2v) is 3.57. The molecular formula is C7H4N6OS. The first-order chi connectivity index (χ1) is 7.43. The minimum absolute atomic E-state index is 0.510. The standard InChI is InChI=1S/C7H4N6OS/c1-2-14-5-4(1)6(9-3-8-5)15-7-10-12-13-11-7/h1-3H,(H,10,11,12,13). The molecule has 74 valence electrons. The number of tetrazole rings is 1. The van der Waals surface area contributed by atoms with Gasteiger partial charge in [0.1, 0.15) is 11.4 Å². The predicted octanol–water partition coefficient (Wildman–Crippen LogP) is 0.887. The number of nitrogens with zero attached hydrogens (tertiary/aromatic N) is 5. The first-order valence-electron chi connectivity index (χ1n) is 4.03. The Labute approximate surface area is 87.3 Å². The van der Waals surface area contributed by atoms with Gasteiger partial charge in [-0.3, -0.25) is 0 Å². The summed E-state index contributed by atoms with van der Waals surface area (Å²) in [7, 11) is 0. The summed E-state index contributed by atoms with van der Waals surface area (Å²) in [5, 5.41) is 15.6. The van der Waals surface area contributed by atoms with Crippen LogP contribution in [0.2, 0.25) is 0 Å². The quantitative estimate of drug-likeness (QED) is 0.641. The Morgan fingerprint density at radius 3 is 3.20 bits per heavy atom. The van der Waals surface area contributed by atoms with Crippen molar-refractivity contribution in [3.05, 3.63) is 18.7 Å².